The molecule has 0 aromatic heterocycles. The Hall–Kier alpha value is -1.63. The van der Waals surface area contributed by atoms with Crippen LogP contribution >= 0.6 is 23.4 Å². The molecular formula is C16H13ClN2S. The van der Waals surface area contributed by atoms with Gasteiger partial charge in [-0.25, -0.2) is 0 Å². The number of anilines is 1. The van der Waals surface area contributed by atoms with E-state index in [2.05, 4.69) is 35.7 Å². The largest absolute Gasteiger partial charge is 0.377 e. The molecule has 0 amide bonds. The zero-order valence-corrected chi connectivity index (χ0v) is 12.3. The third-order valence-corrected chi connectivity index (χ3v) is 4.84. The topological polar surface area (TPSA) is 35.8 Å². The summed E-state index contributed by atoms with van der Waals surface area (Å²) < 4.78 is 0. The Bertz CT molecular complexity index is 678. The molecule has 0 fully saturated rings. The predicted molar refractivity (Wildman–Crippen MR) is 84.3 cm³/mol. The molecule has 3 rings (SSSR count). The number of fused-ring (bicyclic) bond motifs is 1. The smallest absolute Gasteiger partial charge is 0.0992 e. The van der Waals surface area contributed by atoms with Crippen LogP contribution in [0.3, 0.4) is 0 Å². The Morgan fingerprint density at radius 2 is 2.10 bits per heavy atom. The molecule has 2 aromatic carbocycles. The molecule has 0 spiro atoms. The van der Waals surface area contributed by atoms with Crippen LogP contribution in [0.2, 0.25) is 5.02 Å². The summed E-state index contributed by atoms with van der Waals surface area (Å²) in [6.07, 6.45) is 1.05. The molecule has 2 aromatic rings. The van der Waals surface area contributed by atoms with Gasteiger partial charge in [-0.2, -0.15) is 5.26 Å². The highest BCUT2D eigenvalue weighted by Gasteiger charge is 2.20. The second kappa shape index (κ2) is 5.78. The molecule has 1 unspecified atom stereocenters. The number of halogens is 1. The number of nitrogens with zero attached hydrogens (tertiary/aromatic N) is 1. The van der Waals surface area contributed by atoms with E-state index in [0.717, 1.165) is 17.9 Å². The van der Waals surface area contributed by atoms with Gasteiger partial charge in [0.25, 0.3) is 0 Å². The number of benzene rings is 2. The Kier molecular flexibility index (Phi) is 3.86. The van der Waals surface area contributed by atoms with Gasteiger partial charge in [-0.1, -0.05) is 29.8 Å². The molecule has 100 valence electrons. The summed E-state index contributed by atoms with van der Waals surface area (Å²) in [5, 5.41) is 13.1. The number of rotatable bonds is 2. The number of nitriles is 1. The summed E-state index contributed by atoms with van der Waals surface area (Å²) in [5.74, 6) is 1.09. The summed E-state index contributed by atoms with van der Waals surface area (Å²) in [6.45, 7) is 0. The summed E-state index contributed by atoms with van der Waals surface area (Å²) in [7, 11) is 0. The average Bonchev–Trinajstić information content (AvgIpc) is 2.50. The molecule has 1 N–H and O–H groups in total. The highest BCUT2D eigenvalue weighted by molar-refractivity contribution is 7.99. The fourth-order valence-electron chi connectivity index (χ4n) is 2.39. The van der Waals surface area contributed by atoms with Crippen LogP contribution in [-0.4, -0.2) is 5.75 Å². The molecule has 0 saturated carbocycles. The van der Waals surface area contributed by atoms with Crippen molar-refractivity contribution < 1.29 is 0 Å². The maximum atomic E-state index is 8.99. The highest BCUT2D eigenvalue weighted by atomic mass is 35.5. The van der Waals surface area contributed by atoms with Crippen molar-refractivity contribution in [1.82, 2.24) is 0 Å². The molecule has 1 atom stereocenters. The van der Waals surface area contributed by atoms with Crippen LogP contribution in [0.15, 0.2) is 47.4 Å². The lowest BCUT2D eigenvalue weighted by molar-refractivity contribution is 0.728. The second-order valence-electron chi connectivity index (χ2n) is 4.68. The Morgan fingerprint density at radius 3 is 2.95 bits per heavy atom. The monoisotopic (exact) mass is 300 g/mol. The van der Waals surface area contributed by atoms with E-state index in [1.54, 1.807) is 12.1 Å². The summed E-state index contributed by atoms with van der Waals surface area (Å²) >= 11 is 8.11. The van der Waals surface area contributed by atoms with Crippen molar-refractivity contribution in [2.75, 3.05) is 11.1 Å². The summed E-state index contributed by atoms with van der Waals surface area (Å²) in [4.78, 5) is 1.32. The second-order valence-corrected chi connectivity index (χ2v) is 6.22. The first-order valence-electron chi connectivity index (χ1n) is 6.46. The van der Waals surface area contributed by atoms with E-state index in [1.807, 2.05) is 17.8 Å². The van der Waals surface area contributed by atoms with Crippen molar-refractivity contribution in [3.63, 3.8) is 0 Å². The Balaban J connectivity index is 1.91. The van der Waals surface area contributed by atoms with Gasteiger partial charge in [-0.3, -0.25) is 0 Å². The average molecular weight is 301 g/mol. The molecular weight excluding hydrogens is 288 g/mol. The van der Waals surface area contributed by atoms with Gasteiger partial charge in [-0.05, 0) is 36.2 Å². The molecule has 0 radical (unpaired) electrons. The van der Waals surface area contributed by atoms with Crippen LogP contribution in [0.1, 0.15) is 23.6 Å². The lowest BCUT2D eigenvalue weighted by Gasteiger charge is -2.27. The summed E-state index contributed by atoms with van der Waals surface area (Å²) in [5.41, 5.74) is 2.76. The first kappa shape index (κ1) is 13.4. The van der Waals surface area contributed by atoms with Gasteiger partial charge in [0.1, 0.15) is 0 Å². The van der Waals surface area contributed by atoms with Crippen LogP contribution in [0, 0.1) is 11.3 Å². The number of nitrogens with one attached hydrogen (secondary N) is 1. The molecule has 1 aliphatic heterocycles. The van der Waals surface area contributed by atoms with Gasteiger partial charge < -0.3 is 5.32 Å². The molecule has 20 heavy (non-hydrogen) atoms. The van der Waals surface area contributed by atoms with Gasteiger partial charge in [0.2, 0.25) is 0 Å². The van der Waals surface area contributed by atoms with Crippen LogP contribution in [0.5, 0.6) is 0 Å². The maximum absolute atomic E-state index is 8.99. The van der Waals surface area contributed by atoms with E-state index in [4.69, 9.17) is 16.9 Å². The molecule has 0 aliphatic carbocycles. The standard InChI is InChI=1S/C16H13ClN2S/c17-13-6-5-11(10-18)9-15(13)19-14-7-8-20-16-4-2-1-3-12(14)16/h1-6,9,14,19H,7-8H2. The normalized spacial score (nSPS) is 17.1. The van der Waals surface area contributed by atoms with Gasteiger partial charge in [-0.15, -0.1) is 11.8 Å². The SMILES string of the molecule is N#Cc1ccc(Cl)c(NC2CCSc3ccccc32)c1. The van der Waals surface area contributed by atoms with E-state index in [9.17, 15) is 0 Å². The maximum Gasteiger partial charge on any atom is 0.0992 e. The Labute approximate surface area is 127 Å². The lowest BCUT2D eigenvalue weighted by Crippen LogP contribution is -2.16. The van der Waals surface area contributed by atoms with Crippen molar-refractivity contribution in [2.24, 2.45) is 0 Å². The lowest BCUT2D eigenvalue weighted by atomic mass is 10.0. The van der Waals surface area contributed by atoms with E-state index in [1.165, 1.54) is 10.5 Å². The van der Waals surface area contributed by atoms with E-state index < -0.39 is 0 Å². The minimum atomic E-state index is 0.249. The summed E-state index contributed by atoms with van der Waals surface area (Å²) in [6, 6.07) is 16.2. The van der Waals surface area contributed by atoms with Gasteiger partial charge in [0.15, 0.2) is 0 Å². The van der Waals surface area contributed by atoms with Crippen LogP contribution in [0.4, 0.5) is 5.69 Å². The molecule has 0 bridgehead atoms. The number of hydrogen-bond acceptors (Lipinski definition) is 3. The fraction of sp³-hybridized carbons (Fsp3) is 0.188. The van der Waals surface area contributed by atoms with Crippen LogP contribution in [-0.2, 0) is 0 Å². The van der Waals surface area contributed by atoms with Gasteiger partial charge in [0.05, 0.1) is 28.4 Å². The van der Waals surface area contributed by atoms with E-state index in [0.29, 0.717) is 10.6 Å². The van der Waals surface area contributed by atoms with Crippen molar-refractivity contribution in [2.45, 2.75) is 17.4 Å². The zero-order valence-electron chi connectivity index (χ0n) is 10.8. The molecule has 0 saturated heterocycles. The van der Waals surface area contributed by atoms with E-state index >= 15 is 0 Å². The molecule has 2 nitrogen and oxygen atoms in total. The molecule has 1 heterocycles. The van der Waals surface area contributed by atoms with Gasteiger partial charge in [0, 0.05) is 10.6 Å². The van der Waals surface area contributed by atoms with Crippen molar-refractivity contribution in [1.29, 1.82) is 5.26 Å². The predicted octanol–water partition coefficient (Wildman–Crippen LogP) is 4.86. The third-order valence-electron chi connectivity index (χ3n) is 3.38. The van der Waals surface area contributed by atoms with Crippen molar-refractivity contribution in [3.8, 4) is 6.07 Å². The van der Waals surface area contributed by atoms with Crippen molar-refractivity contribution >= 4 is 29.1 Å². The van der Waals surface area contributed by atoms with Gasteiger partial charge >= 0.3 is 0 Å². The minimum Gasteiger partial charge on any atom is -0.377 e. The van der Waals surface area contributed by atoms with Crippen LogP contribution < -0.4 is 5.32 Å². The quantitative estimate of drug-likeness (QED) is 0.860. The van der Waals surface area contributed by atoms with E-state index in [-0.39, 0.29) is 6.04 Å². The van der Waals surface area contributed by atoms with Crippen molar-refractivity contribution in [3.05, 3.63) is 58.6 Å². The van der Waals surface area contributed by atoms with Crippen LogP contribution in [0.25, 0.3) is 0 Å². The third kappa shape index (κ3) is 2.63. The number of hydrogen-bond donors (Lipinski definition) is 1. The zero-order chi connectivity index (χ0) is 13.9. The number of thioether (sulfide) groups is 1. The minimum absolute atomic E-state index is 0.249. The Morgan fingerprint density at radius 1 is 1.25 bits per heavy atom. The fourth-order valence-corrected chi connectivity index (χ4v) is 3.68. The first-order chi connectivity index (χ1) is 9.78. The molecule has 1 aliphatic rings. The first-order valence-corrected chi connectivity index (χ1v) is 7.82. The highest BCUT2D eigenvalue weighted by Crippen LogP contribution is 2.38. The molecule has 4 heteroatoms.